The summed E-state index contributed by atoms with van der Waals surface area (Å²) in [7, 11) is 0. The molecule has 0 radical (unpaired) electrons. The van der Waals surface area contributed by atoms with Crippen molar-refractivity contribution in [1.29, 1.82) is 0 Å². The van der Waals surface area contributed by atoms with E-state index in [4.69, 9.17) is 0 Å². The number of piperazine rings is 1. The lowest BCUT2D eigenvalue weighted by Crippen LogP contribution is -2.63. The van der Waals surface area contributed by atoms with Gasteiger partial charge in [0.25, 0.3) is 0 Å². The zero-order chi connectivity index (χ0) is 21.7. The first kappa shape index (κ1) is 24.3. The summed E-state index contributed by atoms with van der Waals surface area (Å²) in [4.78, 5) is 41.3. The van der Waals surface area contributed by atoms with Gasteiger partial charge in [0.05, 0.1) is 24.1 Å². The molecule has 9 nitrogen and oxygen atoms in total. The van der Waals surface area contributed by atoms with Crippen LogP contribution in [0.2, 0.25) is 0 Å². The summed E-state index contributed by atoms with van der Waals surface area (Å²) >= 11 is 1.47. The summed E-state index contributed by atoms with van der Waals surface area (Å²) in [6, 6.07) is -0.417. The van der Waals surface area contributed by atoms with Crippen molar-refractivity contribution in [1.82, 2.24) is 20.4 Å². The number of hydrogen-bond acceptors (Lipinski definition) is 7. The average Bonchev–Trinajstić information content (AvgIpc) is 3.24. The third kappa shape index (κ3) is 4.08. The number of β-lactam (4-membered cyclic amide) rings is 1. The van der Waals surface area contributed by atoms with Crippen molar-refractivity contribution >= 4 is 42.0 Å². The number of fused-ring (bicyclic) bond motifs is 1. The van der Waals surface area contributed by atoms with Gasteiger partial charge in [0.1, 0.15) is 5.70 Å². The minimum atomic E-state index is -1.11. The second kappa shape index (κ2) is 9.27. The van der Waals surface area contributed by atoms with E-state index in [1.54, 1.807) is 6.92 Å². The molecule has 3 fully saturated rings. The molecule has 4 rings (SSSR count). The number of nitrogens with one attached hydrogen (secondary N) is 2. The Morgan fingerprint density at radius 1 is 1.26 bits per heavy atom. The van der Waals surface area contributed by atoms with Crippen molar-refractivity contribution in [3.63, 3.8) is 0 Å². The standard InChI is InChI=1S/C20H30N4O5S.ClH/c1-9-7-21-4-5-23(9)18(26)13-6-12(8-22-13)30-17-10(2)15-14(11(3)25)19(27)24(15)16(17)20(28)29;/h9-15,21-22,25H,4-8H2,1-3H3,(H,28,29);1H/t9-,10-,11-,12+,13+,14-,15-;/m1./s1. The maximum Gasteiger partial charge on any atom is 0.353 e. The van der Waals surface area contributed by atoms with Crippen LogP contribution in [0.15, 0.2) is 10.6 Å². The second-order valence-corrected chi connectivity index (χ2v) is 10.1. The van der Waals surface area contributed by atoms with Crippen molar-refractivity contribution in [2.75, 3.05) is 26.2 Å². The van der Waals surface area contributed by atoms with E-state index >= 15 is 0 Å². The molecule has 4 aliphatic heterocycles. The Kier molecular flexibility index (Phi) is 7.27. The Balaban J connectivity index is 0.00000272. The Morgan fingerprint density at radius 3 is 2.58 bits per heavy atom. The molecule has 4 aliphatic rings. The fourth-order valence-electron chi connectivity index (χ4n) is 5.21. The number of rotatable bonds is 5. The second-order valence-electron chi connectivity index (χ2n) is 8.79. The van der Waals surface area contributed by atoms with E-state index in [1.807, 2.05) is 18.7 Å². The minimum Gasteiger partial charge on any atom is -0.477 e. The lowest BCUT2D eigenvalue weighted by atomic mass is 9.79. The third-order valence-electron chi connectivity index (χ3n) is 6.78. The lowest BCUT2D eigenvalue weighted by Gasteiger charge is -2.46. The summed E-state index contributed by atoms with van der Waals surface area (Å²) in [5.41, 5.74) is 0.0462. The minimum absolute atomic E-state index is 0. The Hall–Kier alpha value is -1.33. The summed E-state index contributed by atoms with van der Waals surface area (Å²) in [5.74, 6) is -2.04. The highest BCUT2D eigenvalue weighted by molar-refractivity contribution is 8.03. The first-order chi connectivity index (χ1) is 14.2. The van der Waals surface area contributed by atoms with E-state index in [1.165, 1.54) is 16.7 Å². The average molecular weight is 475 g/mol. The van der Waals surface area contributed by atoms with Crippen LogP contribution in [-0.4, -0.2) is 93.5 Å². The van der Waals surface area contributed by atoms with Gasteiger partial charge in [0.15, 0.2) is 0 Å². The topological polar surface area (TPSA) is 122 Å². The third-order valence-corrected chi connectivity index (χ3v) is 8.29. The molecule has 31 heavy (non-hydrogen) atoms. The quantitative estimate of drug-likeness (QED) is 0.406. The lowest BCUT2D eigenvalue weighted by molar-refractivity contribution is -0.163. The Morgan fingerprint density at radius 2 is 1.97 bits per heavy atom. The van der Waals surface area contributed by atoms with Gasteiger partial charge in [-0.15, -0.1) is 24.2 Å². The molecule has 0 spiro atoms. The van der Waals surface area contributed by atoms with E-state index in [9.17, 15) is 24.6 Å². The number of thioether (sulfide) groups is 1. The normalized spacial score (nSPS) is 36.1. The molecule has 0 unspecified atom stereocenters. The van der Waals surface area contributed by atoms with Crippen LogP contribution >= 0.6 is 24.2 Å². The molecular weight excluding hydrogens is 444 g/mol. The zero-order valence-electron chi connectivity index (χ0n) is 17.9. The molecule has 11 heteroatoms. The Bertz CT molecular complexity index is 794. The predicted octanol–water partition coefficient (Wildman–Crippen LogP) is -0.154. The number of hydrogen-bond donors (Lipinski definition) is 4. The fourth-order valence-corrected chi connectivity index (χ4v) is 6.69. The Labute approximate surface area is 192 Å². The highest BCUT2D eigenvalue weighted by Crippen LogP contribution is 2.51. The molecule has 0 aromatic rings. The van der Waals surface area contributed by atoms with Gasteiger partial charge >= 0.3 is 5.97 Å². The summed E-state index contributed by atoms with van der Waals surface area (Å²) in [6.07, 6.45) is -0.182. The number of aliphatic carboxylic acids is 1. The van der Waals surface area contributed by atoms with Crippen LogP contribution in [0.4, 0.5) is 0 Å². The van der Waals surface area contributed by atoms with Crippen molar-refractivity contribution in [3.05, 3.63) is 10.6 Å². The number of aliphatic hydroxyl groups is 1. The SMILES string of the molecule is C[C@@H]1CNCCN1C(=O)[C@@H]1C[C@H](SC2=C(C(=O)O)N3C(=O)[C@H]([C@@H](C)O)[C@H]3[C@H]2C)CN1.Cl. The van der Waals surface area contributed by atoms with Crippen molar-refractivity contribution in [3.8, 4) is 0 Å². The molecule has 0 aromatic carbocycles. The molecule has 0 aromatic heterocycles. The number of carbonyl (C=O) groups excluding carboxylic acids is 2. The van der Waals surface area contributed by atoms with Gasteiger partial charge in [-0.3, -0.25) is 9.59 Å². The number of nitrogens with zero attached hydrogens (tertiary/aromatic N) is 2. The molecule has 7 atom stereocenters. The summed E-state index contributed by atoms with van der Waals surface area (Å²) in [5, 5.41) is 26.4. The number of aliphatic hydroxyl groups excluding tert-OH is 1. The highest BCUT2D eigenvalue weighted by atomic mass is 35.5. The van der Waals surface area contributed by atoms with E-state index in [0.29, 0.717) is 24.4 Å². The highest BCUT2D eigenvalue weighted by Gasteiger charge is 2.60. The number of carboxylic acids is 1. The predicted molar refractivity (Wildman–Crippen MR) is 119 cm³/mol. The molecule has 3 saturated heterocycles. The first-order valence-corrected chi connectivity index (χ1v) is 11.5. The molecule has 0 aliphatic carbocycles. The van der Waals surface area contributed by atoms with Crippen LogP contribution < -0.4 is 10.6 Å². The van der Waals surface area contributed by atoms with Gasteiger partial charge in [-0.25, -0.2) is 4.79 Å². The summed E-state index contributed by atoms with van der Waals surface area (Å²) < 4.78 is 0. The number of amides is 2. The summed E-state index contributed by atoms with van der Waals surface area (Å²) in [6.45, 7) is 8.43. The first-order valence-electron chi connectivity index (χ1n) is 10.6. The smallest absolute Gasteiger partial charge is 0.353 e. The van der Waals surface area contributed by atoms with Crippen molar-refractivity contribution in [2.24, 2.45) is 11.8 Å². The molecule has 0 bridgehead atoms. The maximum absolute atomic E-state index is 12.9. The van der Waals surface area contributed by atoms with Crippen molar-refractivity contribution < 1.29 is 24.6 Å². The van der Waals surface area contributed by atoms with Gasteiger partial charge in [-0.2, -0.15) is 0 Å². The van der Waals surface area contributed by atoms with E-state index in [-0.39, 0.29) is 59.2 Å². The molecule has 4 heterocycles. The van der Waals surface area contributed by atoms with Crippen LogP contribution in [0.5, 0.6) is 0 Å². The van der Waals surface area contributed by atoms with Gasteiger partial charge in [0, 0.05) is 48.3 Å². The van der Waals surface area contributed by atoms with E-state index in [2.05, 4.69) is 10.6 Å². The fraction of sp³-hybridized carbons (Fsp3) is 0.750. The van der Waals surface area contributed by atoms with Gasteiger partial charge in [-0.05, 0) is 20.3 Å². The number of halogens is 1. The molecule has 0 saturated carbocycles. The zero-order valence-corrected chi connectivity index (χ0v) is 19.5. The van der Waals surface area contributed by atoms with Crippen LogP contribution in [0.1, 0.15) is 27.2 Å². The van der Waals surface area contributed by atoms with Crippen molar-refractivity contribution in [2.45, 2.75) is 56.7 Å². The van der Waals surface area contributed by atoms with Crippen LogP contribution in [0, 0.1) is 11.8 Å². The molecule has 174 valence electrons. The van der Waals surface area contributed by atoms with Gasteiger partial charge < -0.3 is 30.6 Å². The van der Waals surface area contributed by atoms with Crippen LogP contribution in [-0.2, 0) is 14.4 Å². The van der Waals surface area contributed by atoms with Crippen LogP contribution in [0.25, 0.3) is 0 Å². The molecular formula is C20H31ClN4O5S. The number of carbonyl (C=O) groups is 3. The van der Waals surface area contributed by atoms with E-state index < -0.39 is 18.0 Å². The monoisotopic (exact) mass is 474 g/mol. The molecule has 4 N–H and O–H groups in total. The van der Waals surface area contributed by atoms with Crippen LogP contribution in [0.3, 0.4) is 0 Å². The van der Waals surface area contributed by atoms with E-state index in [0.717, 1.165) is 13.1 Å². The maximum atomic E-state index is 12.9. The van der Waals surface area contributed by atoms with Gasteiger partial charge in [0.2, 0.25) is 11.8 Å². The number of carboxylic acid groups (broad SMARTS) is 1. The van der Waals surface area contributed by atoms with Gasteiger partial charge in [-0.1, -0.05) is 6.92 Å². The largest absolute Gasteiger partial charge is 0.477 e. The molecule has 2 amide bonds.